The molecule has 17 rings (SSSR count). The predicted octanol–water partition coefficient (Wildman–Crippen LogP) is 19.7. The molecular formula is C70H35F2N7O3. The molecule has 0 aliphatic heterocycles. The monoisotopic (exact) mass is 1060 g/mol. The van der Waals surface area contributed by atoms with Crippen LogP contribution in [-0.4, -0.2) is 14.1 Å². The first-order valence-corrected chi connectivity index (χ1v) is 26.0. The van der Waals surface area contributed by atoms with Crippen molar-refractivity contribution in [3.8, 4) is 23.5 Å². The second-order valence-electron chi connectivity index (χ2n) is 19.8. The molecule has 0 spiro atoms. The third-order valence-corrected chi connectivity index (χ3v) is 15.5. The van der Waals surface area contributed by atoms with E-state index in [-0.39, 0.29) is 11.3 Å². The van der Waals surface area contributed by atoms with Crippen molar-refractivity contribution in [2.45, 2.75) is 0 Å². The van der Waals surface area contributed by atoms with Crippen LogP contribution in [0.15, 0.2) is 220 Å². The van der Waals surface area contributed by atoms with E-state index in [4.69, 9.17) is 31.7 Å². The SMILES string of the molecule is [C-]#[N+]c1cc(-n2c3ccccc3c3c4oc5ccccc5c4ccc32)c(-n2c3ccccc3c3c4oc5ccccc5c4ccc32)cc1C#N.[C-]#[N+]c1cc(F)c(F)cc1C#N.c1ccc2c(c1)[nH]c1ccc3c4ccccc4oc3c12. The molecule has 11 aromatic carbocycles. The topological polar surface area (TPSA) is 121 Å². The minimum Gasteiger partial charge on any atom is -0.455 e. The molecule has 0 unspecified atom stereocenters. The maximum Gasteiger partial charge on any atom is 0.207 e. The first-order valence-electron chi connectivity index (χ1n) is 26.0. The minimum atomic E-state index is -1.11. The lowest BCUT2D eigenvalue weighted by Gasteiger charge is -2.18. The van der Waals surface area contributed by atoms with Gasteiger partial charge in [-0.15, -0.1) is 0 Å². The Balaban J connectivity index is 0.000000146. The van der Waals surface area contributed by atoms with Crippen molar-refractivity contribution in [2.24, 2.45) is 0 Å². The van der Waals surface area contributed by atoms with E-state index in [0.717, 1.165) is 121 Å². The van der Waals surface area contributed by atoms with Crippen molar-refractivity contribution in [1.29, 1.82) is 10.5 Å². The van der Waals surface area contributed by atoms with E-state index in [1.54, 1.807) is 6.07 Å². The van der Waals surface area contributed by atoms with Crippen LogP contribution in [0.25, 0.3) is 152 Å². The van der Waals surface area contributed by atoms with Crippen LogP contribution >= 0.6 is 0 Å². The summed E-state index contributed by atoms with van der Waals surface area (Å²) in [5.74, 6) is -2.22. The Bertz CT molecular complexity index is 5500. The number of nitrogens with zero attached hydrogens (tertiary/aromatic N) is 6. The molecule has 6 aromatic heterocycles. The first kappa shape index (κ1) is 47.3. The van der Waals surface area contributed by atoms with Gasteiger partial charge < -0.3 is 27.4 Å². The van der Waals surface area contributed by atoms with Crippen LogP contribution in [-0.2, 0) is 0 Å². The van der Waals surface area contributed by atoms with Crippen molar-refractivity contribution < 1.29 is 22.0 Å². The molecule has 17 aromatic rings. The number of hydrogen-bond acceptors (Lipinski definition) is 5. The Morgan fingerprint density at radius 3 is 1.29 bits per heavy atom. The number of rotatable bonds is 2. The van der Waals surface area contributed by atoms with Crippen molar-refractivity contribution in [3.05, 3.63) is 252 Å². The fourth-order valence-electron chi connectivity index (χ4n) is 11.9. The predicted molar refractivity (Wildman–Crippen MR) is 321 cm³/mol. The number of aromatic nitrogens is 3. The third-order valence-electron chi connectivity index (χ3n) is 15.5. The van der Waals surface area contributed by atoms with Crippen LogP contribution in [0, 0.1) is 47.4 Å². The van der Waals surface area contributed by atoms with Gasteiger partial charge in [0.25, 0.3) is 0 Å². The van der Waals surface area contributed by atoms with Crippen molar-refractivity contribution in [1.82, 2.24) is 14.1 Å². The van der Waals surface area contributed by atoms with E-state index < -0.39 is 11.6 Å². The highest BCUT2D eigenvalue weighted by Gasteiger charge is 2.25. The zero-order valence-electron chi connectivity index (χ0n) is 42.8. The summed E-state index contributed by atoms with van der Waals surface area (Å²) in [5.41, 5.74) is 13.2. The molecule has 0 aliphatic rings. The summed E-state index contributed by atoms with van der Waals surface area (Å²) in [6.07, 6.45) is 0. The van der Waals surface area contributed by atoms with Crippen LogP contribution in [0.2, 0.25) is 0 Å². The minimum absolute atomic E-state index is 0.149. The number of furan rings is 3. The van der Waals surface area contributed by atoms with Gasteiger partial charge >= 0.3 is 0 Å². The standard InChI is InChI=1S/C44H22N4O2.C18H11NO.C8H2F2N2/c1-46-32-23-38(48-34-15-7-3-13-31(34)42-36(48)21-19-29-27-11-5-9-17-40(27)50-44(29)42)37(22-25(32)24-45)47-33-14-6-2-12-30(33)41-35(47)20-18-28-26-10-4-8-16-39(26)49-43(28)41;1-3-7-14-13(6-1)17-15(19-14)10-9-12-11-5-2-4-8-16(11)20-18(12)17;1-12-8-3-7(10)6(9)2-5(8)4-11/h2-23H;1-10,19H;2-3H. The lowest BCUT2D eigenvalue weighted by Crippen LogP contribution is -2.04. The van der Waals surface area contributed by atoms with E-state index >= 15 is 0 Å². The van der Waals surface area contributed by atoms with Gasteiger partial charge in [0.1, 0.15) is 39.3 Å². The summed E-state index contributed by atoms with van der Waals surface area (Å²) >= 11 is 0. The molecule has 6 heterocycles. The zero-order chi connectivity index (χ0) is 55.3. The van der Waals surface area contributed by atoms with Gasteiger partial charge in [0, 0.05) is 54.0 Å². The maximum absolute atomic E-state index is 12.5. The first-order chi connectivity index (χ1) is 40.3. The van der Waals surface area contributed by atoms with E-state index in [2.05, 4.69) is 133 Å². The van der Waals surface area contributed by atoms with Gasteiger partial charge in [-0.25, -0.2) is 18.5 Å². The Hall–Kier alpha value is -12.0. The van der Waals surface area contributed by atoms with Gasteiger partial charge in [-0.3, -0.25) is 0 Å². The molecule has 0 atom stereocenters. The molecule has 382 valence electrons. The van der Waals surface area contributed by atoms with E-state index in [9.17, 15) is 14.0 Å². The summed E-state index contributed by atoms with van der Waals surface area (Å²) in [5, 5.41) is 31.8. The van der Waals surface area contributed by atoms with Crippen molar-refractivity contribution >= 4 is 143 Å². The molecule has 0 bridgehead atoms. The van der Waals surface area contributed by atoms with Crippen molar-refractivity contribution in [2.75, 3.05) is 0 Å². The highest BCUT2D eigenvalue weighted by atomic mass is 19.2. The van der Waals surface area contributed by atoms with E-state index in [1.807, 2.05) is 91.0 Å². The fraction of sp³-hybridized carbons (Fsp3) is 0. The molecule has 0 radical (unpaired) electrons. The van der Waals surface area contributed by atoms with Crippen molar-refractivity contribution in [3.63, 3.8) is 0 Å². The molecule has 1 N–H and O–H groups in total. The largest absolute Gasteiger partial charge is 0.455 e. The number of nitriles is 2. The number of para-hydroxylation sites is 6. The average molecular weight is 1060 g/mol. The number of fused-ring (bicyclic) bond motifs is 21. The summed E-state index contributed by atoms with van der Waals surface area (Å²) in [6, 6.07) is 71.2. The molecule has 0 saturated carbocycles. The molecule has 82 heavy (non-hydrogen) atoms. The Morgan fingerprint density at radius 1 is 0.378 bits per heavy atom. The van der Waals surface area contributed by atoms with Crippen LogP contribution in [0.4, 0.5) is 20.2 Å². The van der Waals surface area contributed by atoms with Gasteiger partial charge in [-0.1, -0.05) is 109 Å². The zero-order valence-corrected chi connectivity index (χ0v) is 42.8. The van der Waals surface area contributed by atoms with Gasteiger partial charge in [0.05, 0.1) is 91.5 Å². The molecule has 0 aliphatic carbocycles. The Morgan fingerprint density at radius 2 is 0.780 bits per heavy atom. The highest BCUT2D eigenvalue weighted by Crippen LogP contribution is 2.46. The Labute approximate surface area is 462 Å². The lowest BCUT2D eigenvalue weighted by molar-refractivity contribution is 0.509. The summed E-state index contributed by atoms with van der Waals surface area (Å²) in [6.45, 7) is 14.6. The van der Waals surface area contributed by atoms with Gasteiger partial charge in [0.2, 0.25) is 11.4 Å². The summed E-state index contributed by atoms with van der Waals surface area (Å²) in [4.78, 5) is 10.2. The summed E-state index contributed by atoms with van der Waals surface area (Å²) < 4.78 is 48.6. The molecule has 0 amide bonds. The quantitative estimate of drug-likeness (QED) is 0.173. The van der Waals surface area contributed by atoms with E-state index in [1.165, 1.54) is 21.5 Å². The molecule has 0 fully saturated rings. The number of H-pyrrole nitrogens is 1. The van der Waals surface area contributed by atoms with Gasteiger partial charge in [0.15, 0.2) is 5.82 Å². The van der Waals surface area contributed by atoms with Gasteiger partial charge in [-0.2, -0.15) is 10.5 Å². The molecule has 0 saturated heterocycles. The second kappa shape index (κ2) is 18.3. The Kier molecular flexibility index (Phi) is 10.6. The number of benzene rings is 11. The molecule has 12 heteroatoms. The second-order valence-corrected chi connectivity index (χ2v) is 19.8. The smallest absolute Gasteiger partial charge is 0.207 e. The van der Waals surface area contributed by atoms with Crippen LogP contribution in [0.5, 0.6) is 0 Å². The van der Waals surface area contributed by atoms with Crippen LogP contribution < -0.4 is 0 Å². The average Bonchev–Trinajstić information content (AvgIpc) is 4.31. The fourth-order valence-corrected chi connectivity index (χ4v) is 11.9. The number of aromatic amines is 1. The third kappa shape index (κ3) is 7.00. The van der Waals surface area contributed by atoms with Gasteiger partial charge in [-0.05, 0) is 97.1 Å². The molecule has 10 nitrogen and oxygen atoms in total. The van der Waals surface area contributed by atoms with E-state index in [0.29, 0.717) is 23.4 Å². The highest BCUT2D eigenvalue weighted by molar-refractivity contribution is 6.26. The van der Waals surface area contributed by atoms with Crippen LogP contribution in [0.3, 0.4) is 0 Å². The molecular weight excluding hydrogens is 1020 g/mol. The number of nitrogens with one attached hydrogen (secondary N) is 1. The normalized spacial score (nSPS) is 11.5. The summed E-state index contributed by atoms with van der Waals surface area (Å²) in [7, 11) is 0. The maximum atomic E-state index is 12.5. The number of halogens is 2. The lowest BCUT2D eigenvalue weighted by atomic mass is 10.1. The van der Waals surface area contributed by atoms with Crippen LogP contribution in [0.1, 0.15) is 11.1 Å². The number of hydrogen-bond donors (Lipinski definition) is 1.